The highest BCUT2D eigenvalue weighted by Gasteiger charge is 2.23. The van der Waals surface area contributed by atoms with Gasteiger partial charge in [-0.2, -0.15) is 5.26 Å². The van der Waals surface area contributed by atoms with Gasteiger partial charge >= 0.3 is 5.69 Å². The molecule has 9 heteroatoms. The van der Waals surface area contributed by atoms with Crippen molar-refractivity contribution >= 4 is 21.4 Å². The third-order valence-electron chi connectivity index (χ3n) is 3.69. The van der Waals surface area contributed by atoms with Crippen LogP contribution in [0.1, 0.15) is 5.56 Å². The Hall–Kier alpha value is -3.90. The zero-order valence-electron chi connectivity index (χ0n) is 14.3. The molecule has 3 rings (SSSR count). The lowest BCUT2D eigenvalue weighted by Gasteiger charge is -2.11. The summed E-state index contributed by atoms with van der Waals surface area (Å²) in [5.74, 6) is -0.0440. The molecule has 0 aromatic heterocycles. The summed E-state index contributed by atoms with van der Waals surface area (Å²) in [4.78, 5) is 10.4. The SMILES string of the molecule is N#Cc1ccccc1Oc1ccc(S(=O)(=O)Nc2ccccc2)cc1[N+](=O)[O-]. The average Bonchev–Trinajstić information content (AvgIpc) is 2.69. The molecule has 0 fully saturated rings. The number of nitrogens with zero attached hydrogens (tertiary/aromatic N) is 2. The van der Waals surface area contributed by atoms with Crippen LogP contribution in [0.15, 0.2) is 77.7 Å². The van der Waals surface area contributed by atoms with Crippen LogP contribution < -0.4 is 9.46 Å². The zero-order chi connectivity index (χ0) is 20.1. The van der Waals surface area contributed by atoms with Crippen molar-refractivity contribution in [3.05, 3.63) is 88.5 Å². The highest BCUT2D eigenvalue weighted by Crippen LogP contribution is 2.34. The Bertz CT molecular complexity index is 1170. The van der Waals surface area contributed by atoms with E-state index in [9.17, 15) is 18.5 Å². The van der Waals surface area contributed by atoms with Gasteiger partial charge in [-0.3, -0.25) is 14.8 Å². The lowest BCUT2D eigenvalue weighted by Crippen LogP contribution is -2.13. The molecular weight excluding hydrogens is 382 g/mol. The average molecular weight is 395 g/mol. The molecule has 0 aliphatic rings. The van der Waals surface area contributed by atoms with Crippen LogP contribution >= 0.6 is 0 Å². The van der Waals surface area contributed by atoms with Crippen molar-refractivity contribution in [3.8, 4) is 17.6 Å². The Morgan fingerprint density at radius 3 is 2.32 bits per heavy atom. The van der Waals surface area contributed by atoms with E-state index >= 15 is 0 Å². The van der Waals surface area contributed by atoms with Gasteiger partial charge in [0.2, 0.25) is 5.75 Å². The monoisotopic (exact) mass is 395 g/mol. The molecule has 3 aromatic carbocycles. The van der Waals surface area contributed by atoms with Gasteiger partial charge in [0, 0.05) is 11.8 Å². The first-order valence-electron chi connectivity index (χ1n) is 7.94. The fraction of sp³-hybridized carbons (Fsp3) is 0. The smallest absolute Gasteiger partial charge is 0.312 e. The van der Waals surface area contributed by atoms with Crippen LogP contribution in [0.3, 0.4) is 0 Å². The Morgan fingerprint density at radius 1 is 0.964 bits per heavy atom. The summed E-state index contributed by atoms with van der Waals surface area (Å²) in [6.45, 7) is 0. The molecular formula is C19H13N3O5S. The molecule has 0 atom stereocenters. The van der Waals surface area contributed by atoms with Crippen molar-refractivity contribution in [2.24, 2.45) is 0 Å². The van der Waals surface area contributed by atoms with E-state index in [1.807, 2.05) is 6.07 Å². The second kappa shape index (κ2) is 7.77. The standard InChI is InChI=1S/C19H13N3O5S/c20-13-14-6-4-5-9-18(14)27-19-11-10-16(12-17(19)22(23)24)28(25,26)21-15-7-2-1-3-8-15/h1-12,21H. The van der Waals surface area contributed by atoms with Crippen molar-refractivity contribution in [3.63, 3.8) is 0 Å². The molecule has 3 aromatic rings. The molecule has 0 aliphatic heterocycles. The number of nitrogens with one attached hydrogen (secondary N) is 1. The van der Waals surface area contributed by atoms with Gasteiger partial charge in [-0.05, 0) is 36.4 Å². The van der Waals surface area contributed by atoms with Crippen LogP contribution in [-0.2, 0) is 10.0 Å². The summed E-state index contributed by atoms with van der Waals surface area (Å²) >= 11 is 0. The Balaban J connectivity index is 1.98. The van der Waals surface area contributed by atoms with E-state index in [0.29, 0.717) is 5.69 Å². The van der Waals surface area contributed by atoms with E-state index in [-0.39, 0.29) is 22.0 Å². The van der Waals surface area contributed by atoms with Crippen LogP contribution in [-0.4, -0.2) is 13.3 Å². The highest BCUT2D eigenvalue weighted by atomic mass is 32.2. The first kappa shape index (κ1) is 18.9. The van der Waals surface area contributed by atoms with E-state index in [4.69, 9.17) is 10.00 Å². The number of hydrogen-bond acceptors (Lipinski definition) is 6. The Morgan fingerprint density at radius 2 is 1.64 bits per heavy atom. The maximum absolute atomic E-state index is 12.5. The lowest BCUT2D eigenvalue weighted by molar-refractivity contribution is -0.385. The number of nitriles is 1. The largest absolute Gasteiger partial charge is 0.449 e. The van der Waals surface area contributed by atoms with E-state index in [1.54, 1.807) is 42.5 Å². The number of rotatable bonds is 6. The molecule has 0 amide bonds. The minimum atomic E-state index is -4.03. The van der Waals surface area contributed by atoms with Gasteiger partial charge in [0.05, 0.1) is 15.4 Å². The molecule has 0 heterocycles. The number of ether oxygens (including phenoxy) is 1. The van der Waals surface area contributed by atoms with Gasteiger partial charge in [0.1, 0.15) is 11.8 Å². The first-order chi connectivity index (χ1) is 13.4. The molecule has 0 saturated carbocycles. The molecule has 0 aliphatic carbocycles. The van der Waals surface area contributed by atoms with Crippen LogP contribution in [0.25, 0.3) is 0 Å². The predicted molar refractivity (Wildman–Crippen MR) is 102 cm³/mol. The quantitative estimate of drug-likeness (QED) is 0.496. The van der Waals surface area contributed by atoms with Gasteiger partial charge in [-0.25, -0.2) is 8.42 Å². The molecule has 0 saturated heterocycles. The zero-order valence-corrected chi connectivity index (χ0v) is 15.1. The molecule has 0 unspecified atom stereocenters. The molecule has 0 radical (unpaired) electrons. The summed E-state index contributed by atoms with van der Waals surface area (Å²) < 4.78 is 32.9. The van der Waals surface area contributed by atoms with E-state index < -0.39 is 20.6 Å². The van der Waals surface area contributed by atoms with Crippen LogP contribution in [0, 0.1) is 21.4 Å². The van der Waals surface area contributed by atoms with Crippen molar-refractivity contribution in [2.75, 3.05) is 4.72 Å². The molecule has 140 valence electrons. The molecule has 1 N–H and O–H groups in total. The van der Waals surface area contributed by atoms with Crippen molar-refractivity contribution in [2.45, 2.75) is 4.90 Å². The molecule has 0 spiro atoms. The van der Waals surface area contributed by atoms with Crippen LogP contribution in [0.2, 0.25) is 0 Å². The van der Waals surface area contributed by atoms with Gasteiger partial charge in [0.15, 0.2) is 0 Å². The minimum absolute atomic E-state index is 0.131. The number of hydrogen-bond donors (Lipinski definition) is 1. The van der Waals surface area contributed by atoms with E-state index in [2.05, 4.69) is 4.72 Å². The summed E-state index contributed by atoms with van der Waals surface area (Å²) in [5.41, 5.74) is -0.0173. The number of anilines is 1. The third-order valence-corrected chi connectivity index (χ3v) is 5.07. The summed E-state index contributed by atoms with van der Waals surface area (Å²) in [6, 6.07) is 19.6. The normalized spacial score (nSPS) is 10.7. The number of nitro benzene ring substituents is 1. The van der Waals surface area contributed by atoms with Gasteiger partial charge in [-0.15, -0.1) is 0 Å². The number of para-hydroxylation sites is 2. The summed E-state index contributed by atoms with van der Waals surface area (Å²) in [6.07, 6.45) is 0. The minimum Gasteiger partial charge on any atom is -0.449 e. The summed E-state index contributed by atoms with van der Waals surface area (Å²) in [5, 5.41) is 20.6. The fourth-order valence-electron chi connectivity index (χ4n) is 2.38. The van der Waals surface area contributed by atoms with Crippen molar-refractivity contribution in [1.82, 2.24) is 0 Å². The maximum Gasteiger partial charge on any atom is 0.312 e. The van der Waals surface area contributed by atoms with E-state index in [0.717, 1.165) is 6.07 Å². The first-order valence-corrected chi connectivity index (χ1v) is 9.42. The van der Waals surface area contributed by atoms with Crippen LogP contribution in [0.5, 0.6) is 11.5 Å². The van der Waals surface area contributed by atoms with E-state index in [1.165, 1.54) is 24.3 Å². The van der Waals surface area contributed by atoms with Gasteiger partial charge in [-0.1, -0.05) is 30.3 Å². The third kappa shape index (κ3) is 4.08. The topological polar surface area (TPSA) is 122 Å². The second-order valence-electron chi connectivity index (χ2n) is 5.57. The fourth-order valence-corrected chi connectivity index (χ4v) is 3.46. The number of sulfonamides is 1. The molecule has 0 bridgehead atoms. The Labute approximate surface area is 160 Å². The van der Waals surface area contributed by atoms with Crippen LogP contribution in [0.4, 0.5) is 11.4 Å². The van der Waals surface area contributed by atoms with Crippen molar-refractivity contribution < 1.29 is 18.1 Å². The maximum atomic E-state index is 12.5. The highest BCUT2D eigenvalue weighted by molar-refractivity contribution is 7.92. The predicted octanol–water partition coefficient (Wildman–Crippen LogP) is 4.06. The summed E-state index contributed by atoms with van der Waals surface area (Å²) in [7, 11) is -4.03. The van der Waals surface area contributed by atoms with Gasteiger partial charge < -0.3 is 4.74 Å². The number of benzene rings is 3. The second-order valence-corrected chi connectivity index (χ2v) is 7.25. The lowest BCUT2D eigenvalue weighted by atomic mass is 10.2. The Kier molecular flexibility index (Phi) is 5.24. The van der Waals surface area contributed by atoms with Crippen molar-refractivity contribution in [1.29, 1.82) is 5.26 Å². The van der Waals surface area contributed by atoms with Gasteiger partial charge in [0.25, 0.3) is 10.0 Å². The number of nitro groups is 1. The molecule has 28 heavy (non-hydrogen) atoms. The molecule has 8 nitrogen and oxygen atoms in total.